The van der Waals surface area contributed by atoms with Crippen LogP contribution in [-0.2, 0) is 17.6 Å². The first-order chi connectivity index (χ1) is 13.4. The summed E-state index contributed by atoms with van der Waals surface area (Å²) in [7, 11) is 3.34. The minimum Gasteiger partial charge on any atom is -0.507 e. The number of hydrogen-bond donors (Lipinski definition) is 1. The van der Waals surface area contributed by atoms with Crippen LogP contribution >= 0.6 is 0 Å². The lowest BCUT2D eigenvalue weighted by Crippen LogP contribution is -2.43. The minimum atomic E-state index is -0.255. The minimum absolute atomic E-state index is 0.110. The number of phenols is 1. The third kappa shape index (κ3) is 5.41. The van der Waals surface area contributed by atoms with E-state index >= 15 is 0 Å². The van der Waals surface area contributed by atoms with Crippen molar-refractivity contribution in [1.29, 1.82) is 0 Å². The summed E-state index contributed by atoms with van der Waals surface area (Å²) in [4.78, 5) is 12.6. The van der Waals surface area contributed by atoms with Crippen molar-refractivity contribution in [2.75, 3.05) is 20.7 Å². The van der Waals surface area contributed by atoms with Crippen LogP contribution in [0, 0.1) is 0 Å². The van der Waals surface area contributed by atoms with Crippen LogP contribution in [0.2, 0.25) is 0 Å². The molecule has 146 valence electrons. The molecule has 0 aliphatic carbocycles. The Morgan fingerprint density at radius 2 is 1.71 bits per heavy atom. The number of ether oxygens (including phenoxy) is 1. The van der Waals surface area contributed by atoms with Gasteiger partial charge >= 0.3 is 5.91 Å². The number of rotatable bonds is 9. The molecule has 0 spiro atoms. The van der Waals surface area contributed by atoms with Crippen LogP contribution in [0.3, 0.4) is 0 Å². The Bertz CT molecular complexity index is 885. The Hall–Kier alpha value is -3.18. The first-order valence-corrected chi connectivity index (χ1v) is 9.05. The predicted octanol–water partition coefficient (Wildman–Crippen LogP) is 3.87. The smallest absolute Gasteiger partial charge is 0.376 e. The summed E-state index contributed by atoms with van der Waals surface area (Å²) >= 11 is 0. The van der Waals surface area contributed by atoms with Crippen LogP contribution in [-0.4, -0.2) is 42.5 Å². The summed E-state index contributed by atoms with van der Waals surface area (Å²) in [5, 5.41) is 14.7. The molecule has 0 unspecified atom stereocenters. The summed E-state index contributed by atoms with van der Waals surface area (Å²) in [6, 6.07) is 13.0. The molecule has 2 rings (SSSR count). The standard InChI is InChI=1S/C23H26N2O3/c1-5-10-18-12-7-8-15-21(18)28-17-22(26)25(3,4)24-16-20-14-9-13-19(11-6-2)23(20)27/h5-9,12-16H,1-2,10-11,17H2,3-4H3/p+1. The van der Waals surface area contributed by atoms with Crippen LogP contribution in [0.5, 0.6) is 11.5 Å². The molecule has 0 aliphatic rings. The normalized spacial score (nSPS) is 11.4. The number of phenolic OH excluding ortho intramolecular Hbond substituents is 1. The Morgan fingerprint density at radius 3 is 2.43 bits per heavy atom. The van der Waals surface area contributed by atoms with Crippen molar-refractivity contribution in [3.8, 4) is 11.5 Å². The van der Waals surface area contributed by atoms with Gasteiger partial charge in [-0.05, 0) is 36.1 Å². The van der Waals surface area contributed by atoms with E-state index in [9.17, 15) is 9.90 Å². The number of carbonyl (C=O) groups is 1. The molecule has 0 atom stereocenters. The summed E-state index contributed by atoms with van der Waals surface area (Å²) in [6.45, 7) is 7.32. The lowest BCUT2D eigenvalue weighted by atomic mass is 10.1. The quantitative estimate of drug-likeness (QED) is 0.311. The first kappa shape index (κ1) is 21.1. The Morgan fingerprint density at radius 1 is 1.07 bits per heavy atom. The molecule has 0 fully saturated rings. The number of amides is 1. The van der Waals surface area contributed by atoms with Gasteiger partial charge in [-0.2, -0.15) is 0 Å². The Kier molecular flexibility index (Phi) is 7.29. The molecule has 5 heteroatoms. The second kappa shape index (κ2) is 9.67. The van der Waals surface area contributed by atoms with Gasteiger partial charge < -0.3 is 9.84 Å². The maximum atomic E-state index is 12.6. The van der Waals surface area contributed by atoms with Gasteiger partial charge in [-0.15, -0.1) is 17.7 Å². The number of hydrogen-bond acceptors (Lipinski definition) is 4. The van der Waals surface area contributed by atoms with Gasteiger partial charge in [-0.25, -0.2) is 4.79 Å². The maximum absolute atomic E-state index is 12.6. The van der Waals surface area contributed by atoms with Gasteiger partial charge in [0.05, 0.1) is 6.21 Å². The summed E-state index contributed by atoms with van der Waals surface area (Å²) in [5.41, 5.74) is 2.29. The van der Waals surface area contributed by atoms with E-state index in [0.717, 1.165) is 11.1 Å². The SMILES string of the molecule is C=CCc1ccccc1OCC(=O)[N+](C)(C)N=Cc1cccc(CC=C)c1O. The molecule has 0 radical (unpaired) electrons. The largest absolute Gasteiger partial charge is 0.507 e. The van der Waals surface area contributed by atoms with Gasteiger partial charge in [0.15, 0.2) is 0 Å². The maximum Gasteiger partial charge on any atom is 0.376 e. The lowest BCUT2D eigenvalue weighted by Gasteiger charge is -2.20. The highest BCUT2D eigenvalue weighted by molar-refractivity contribution is 5.84. The molecule has 0 heterocycles. The molecule has 0 saturated heterocycles. The van der Waals surface area contributed by atoms with E-state index in [1.807, 2.05) is 36.4 Å². The average molecular weight is 379 g/mol. The number of nitrogens with zero attached hydrogens (tertiary/aromatic N) is 2. The highest BCUT2D eigenvalue weighted by Crippen LogP contribution is 2.22. The molecular weight excluding hydrogens is 352 g/mol. The molecule has 5 nitrogen and oxygen atoms in total. The zero-order valence-corrected chi connectivity index (χ0v) is 16.5. The fourth-order valence-corrected chi connectivity index (χ4v) is 2.57. The zero-order chi connectivity index (χ0) is 20.6. The molecule has 0 saturated carbocycles. The monoisotopic (exact) mass is 379 g/mol. The Balaban J connectivity index is 2.09. The van der Waals surface area contributed by atoms with Crippen molar-refractivity contribution in [2.45, 2.75) is 12.8 Å². The van der Waals surface area contributed by atoms with Crippen molar-refractivity contribution in [3.63, 3.8) is 0 Å². The highest BCUT2D eigenvalue weighted by atomic mass is 16.5. The molecule has 1 amide bonds. The van der Waals surface area contributed by atoms with Crippen LogP contribution < -0.4 is 4.74 Å². The molecule has 28 heavy (non-hydrogen) atoms. The van der Waals surface area contributed by atoms with Gasteiger partial charge in [-0.3, -0.25) is 0 Å². The fraction of sp³-hybridized carbons (Fsp3) is 0.217. The lowest BCUT2D eigenvalue weighted by molar-refractivity contribution is -0.820. The van der Waals surface area contributed by atoms with E-state index in [-0.39, 0.29) is 22.9 Å². The average Bonchev–Trinajstić information content (AvgIpc) is 2.68. The second-order valence-electron chi connectivity index (χ2n) is 6.77. The van der Waals surface area contributed by atoms with E-state index in [0.29, 0.717) is 24.2 Å². The van der Waals surface area contributed by atoms with Gasteiger partial charge in [0.2, 0.25) is 6.61 Å². The molecule has 0 bridgehead atoms. The van der Waals surface area contributed by atoms with E-state index in [1.54, 1.807) is 32.3 Å². The van der Waals surface area contributed by atoms with Crippen molar-refractivity contribution in [3.05, 3.63) is 84.5 Å². The third-order valence-corrected chi connectivity index (χ3v) is 4.30. The van der Waals surface area contributed by atoms with Gasteiger partial charge in [0, 0.05) is 5.56 Å². The number of aromatic hydroxyl groups is 1. The summed E-state index contributed by atoms with van der Waals surface area (Å²) in [6.07, 6.45) is 6.25. The van der Waals surface area contributed by atoms with Crippen molar-refractivity contribution in [1.82, 2.24) is 0 Å². The van der Waals surface area contributed by atoms with Crippen molar-refractivity contribution >= 4 is 12.1 Å². The molecule has 0 aromatic heterocycles. The topological polar surface area (TPSA) is 58.9 Å². The predicted molar refractivity (Wildman–Crippen MR) is 113 cm³/mol. The fourth-order valence-electron chi connectivity index (χ4n) is 2.57. The third-order valence-electron chi connectivity index (χ3n) is 4.30. The number of allylic oxidation sites excluding steroid dienone is 2. The number of quaternary nitrogens is 1. The zero-order valence-electron chi connectivity index (χ0n) is 16.5. The molecule has 0 aliphatic heterocycles. The van der Waals surface area contributed by atoms with Crippen LogP contribution in [0.4, 0.5) is 0 Å². The van der Waals surface area contributed by atoms with Gasteiger partial charge in [0.1, 0.15) is 25.6 Å². The molecule has 2 aromatic carbocycles. The van der Waals surface area contributed by atoms with Gasteiger partial charge in [0.25, 0.3) is 0 Å². The molecular formula is C23H27N2O3+. The Labute approximate surface area is 166 Å². The summed E-state index contributed by atoms with van der Waals surface area (Å²) < 4.78 is 5.46. The van der Waals surface area contributed by atoms with E-state index in [2.05, 4.69) is 18.3 Å². The van der Waals surface area contributed by atoms with E-state index in [1.165, 1.54) is 6.21 Å². The van der Waals surface area contributed by atoms with E-state index < -0.39 is 0 Å². The summed E-state index contributed by atoms with van der Waals surface area (Å²) in [5.74, 6) is 0.592. The number of likely N-dealkylation sites (N-methyl/N-ethyl adjacent to an activating group) is 1. The van der Waals surface area contributed by atoms with Crippen LogP contribution in [0.25, 0.3) is 0 Å². The second-order valence-corrected chi connectivity index (χ2v) is 6.77. The van der Waals surface area contributed by atoms with Crippen molar-refractivity contribution in [2.24, 2.45) is 5.10 Å². The molecule has 1 N–H and O–H groups in total. The van der Waals surface area contributed by atoms with Crippen LogP contribution in [0.15, 0.2) is 72.9 Å². The number of carbonyl (C=O) groups excluding carboxylic acids is 1. The van der Waals surface area contributed by atoms with E-state index in [4.69, 9.17) is 4.74 Å². The van der Waals surface area contributed by atoms with Crippen molar-refractivity contribution < 1.29 is 19.2 Å². The molecule has 2 aromatic rings. The number of para-hydroxylation sites is 2. The first-order valence-electron chi connectivity index (χ1n) is 9.05. The number of benzene rings is 2. The van der Waals surface area contributed by atoms with Crippen LogP contribution in [0.1, 0.15) is 16.7 Å². The highest BCUT2D eigenvalue weighted by Gasteiger charge is 2.27. The van der Waals surface area contributed by atoms with Gasteiger partial charge in [-0.1, -0.05) is 47.6 Å².